The van der Waals surface area contributed by atoms with E-state index in [1.165, 1.54) is 16.0 Å². The fraction of sp³-hybridized carbons (Fsp3) is 0.500. The summed E-state index contributed by atoms with van der Waals surface area (Å²) in [4.78, 5) is 24.4. The highest BCUT2D eigenvalue weighted by Gasteiger charge is 2.25. The summed E-state index contributed by atoms with van der Waals surface area (Å²) >= 11 is 0. The minimum absolute atomic E-state index is 0.168. The van der Waals surface area contributed by atoms with Crippen molar-refractivity contribution in [1.82, 2.24) is 24.6 Å². The van der Waals surface area contributed by atoms with Gasteiger partial charge in [0.2, 0.25) is 0 Å². The zero-order chi connectivity index (χ0) is 23.1. The maximum Gasteiger partial charge on any atom is 0.407 e. The minimum Gasteiger partial charge on any atom is -0.465 e. The number of amides is 1. The topological polar surface area (TPSA) is 96.6 Å². The number of piperidine rings is 1. The number of carbonyl (C=O) groups is 1. The van der Waals surface area contributed by atoms with E-state index >= 15 is 0 Å². The molecule has 2 aliphatic heterocycles. The number of fused-ring (bicyclic) bond motifs is 1. The lowest BCUT2D eigenvalue weighted by atomic mass is 9.86. The van der Waals surface area contributed by atoms with Gasteiger partial charge in [0.05, 0.1) is 24.4 Å². The Bertz CT molecular complexity index is 1180. The van der Waals surface area contributed by atoms with Gasteiger partial charge < -0.3 is 19.6 Å². The lowest BCUT2D eigenvalue weighted by Gasteiger charge is -2.32. The smallest absolute Gasteiger partial charge is 0.407 e. The van der Waals surface area contributed by atoms with Crippen LogP contribution in [0.2, 0.25) is 0 Å². The number of hydrogen-bond donors (Lipinski definition) is 1. The highest BCUT2D eigenvalue weighted by atomic mass is 16.5. The molecule has 0 saturated carbocycles. The second-order valence-electron chi connectivity index (χ2n) is 9.13. The number of benzene rings is 1. The Kier molecular flexibility index (Phi) is 5.65. The molecule has 1 aromatic carbocycles. The lowest BCUT2D eigenvalue weighted by Crippen LogP contribution is -2.41. The Morgan fingerprint density at radius 1 is 1.09 bits per heavy atom. The van der Waals surface area contributed by atoms with Crippen molar-refractivity contribution in [2.75, 3.05) is 37.7 Å². The maximum absolute atomic E-state index is 11.3. The Hall–Kier alpha value is -3.20. The fourth-order valence-corrected chi connectivity index (χ4v) is 5.04. The van der Waals surface area contributed by atoms with Crippen molar-refractivity contribution in [2.45, 2.75) is 45.6 Å². The zero-order valence-electron chi connectivity index (χ0n) is 19.4. The van der Waals surface area contributed by atoms with E-state index in [0.717, 1.165) is 48.5 Å². The van der Waals surface area contributed by atoms with Gasteiger partial charge in [0.25, 0.3) is 0 Å². The van der Waals surface area contributed by atoms with Crippen LogP contribution in [-0.2, 0) is 4.74 Å². The Morgan fingerprint density at radius 2 is 1.85 bits per heavy atom. The van der Waals surface area contributed by atoms with Crippen LogP contribution < -0.4 is 4.90 Å². The minimum atomic E-state index is -0.830. The van der Waals surface area contributed by atoms with Crippen molar-refractivity contribution in [1.29, 1.82) is 0 Å². The molecule has 1 atom stereocenters. The van der Waals surface area contributed by atoms with Gasteiger partial charge in [0.1, 0.15) is 11.6 Å². The summed E-state index contributed by atoms with van der Waals surface area (Å²) in [6.07, 6.45) is 2.88. The third kappa shape index (κ3) is 4.25. The maximum atomic E-state index is 11.3. The second kappa shape index (κ2) is 8.62. The standard InChI is InChI=1S/C24H30N6O3/c1-15-10-19-13-25-30(21(19)11-20(15)18-4-6-28(7-5-18)24(31)32)23-12-22(26-17(3)27-23)29-8-9-33-16(2)14-29/h10-13,16,18H,4-9,14H2,1-3H3,(H,31,32). The Labute approximate surface area is 193 Å². The third-order valence-corrected chi connectivity index (χ3v) is 6.75. The second-order valence-corrected chi connectivity index (χ2v) is 9.13. The van der Waals surface area contributed by atoms with Crippen molar-refractivity contribution in [3.05, 3.63) is 41.3 Å². The summed E-state index contributed by atoms with van der Waals surface area (Å²) in [7, 11) is 0. The van der Waals surface area contributed by atoms with E-state index in [0.29, 0.717) is 31.4 Å². The highest BCUT2D eigenvalue weighted by molar-refractivity contribution is 5.82. The molecule has 0 bridgehead atoms. The summed E-state index contributed by atoms with van der Waals surface area (Å²) in [5, 5.41) is 15.0. The van der Waals surface area contributed by atoms with Crippen molar-refractivity contribution in [3.8, 4) is 5.82 Å². The summed E-state index contributed by atoms with van der Waals surface area (Å²) in [6.45, 7) is 9.55. The number of aryl methyl sites for hydroxylation is 2. The van der Waals surface area contributed by atoms with E-state index in [9.17, 15) is 9.90 Å². The van der Waals surface area contributed by atoms with Gasteiger partial charge in [-0.3, -0.25) is 0 Å². The molecular weight excluding hydrogens is 420 g/mol. The molecule has 2 saturated heterocycles. The molecule has 33 heavy (non-hydrogen) atoms. The van der Waals surface area contributed by atoms with Crippen molar-refractivity contribution in [2.24, 2.45) is 0 Å². The quantitative estimate of drug-likeness (QED) is 0.652. The number of morpholine rings is 1. The molecule has 4 heterocycles. The van der Waals surface area contributed by atoms with Crippen LogP contribution in [0.1, 0.15) is 42.6 Å². The molecule has 0 radical (unpaired) electrons. The SMILES string of the molecule is Cc1nc(N2CCOC(C)C2)cc(-n2ncc3cc(C)c(C4CCN(C(=O)O)CC4)cc32)n1. The molecule has 5 rings (SSSR count). The van der Waals surface area contributed by atoms with Crippen molar-refractivity contribution in [3.63, 3.8) is 0 Å². The first kappa shape index (κ1) is 21.6. The van der Waals surface area contributed by atoms with Crippen molar-refractivity contribution >= 4 is 22.8 Å². The van der Waals surface area contributed by atoms with Gasteiger partial charge in [0.15, 0.2) is 5.82 Å². The number of nitrogens with zero attached hydrogens (tertiary/aromatic N) is 6. The number of carboxylic acid groups (broad SMARTS) is 1. The average molecular weight is 451 g/mol. The lowest BCUT2D eigenvalue weighted by molar-refractivity contribution is 0.0529. The number of aromatic nitrogens is 4. The van der Waals surface area contributed by atoms with E-state index in [4.69, 9.17) is 9.72 Å². The largest absolute Gasteiger partial charge is 0.465 e. The molecular formula is C24H30N6O3. The summed E-state index contributed by atoms with van der Waals surface area (Å²) in [6, 6.07) is 6.39. The van der Waals surface area contributed by atoms with Crippen LogP contribution in [0.5, 0.6) is 0 Å². The van der Waals surface area contributed by atoms with Crippen LogP contribution >= 0.6 is 0 Å². The molecule has 9 nitrogen and oxygen atoms in total. The highest BCUT2D eigenvalue weighted by Crippen LogP contribution is 2.33. The molecule has 2 aliphatic rings. The molecule has 174 valence electrons. The van der Waals surface area contributed by atoms with Gasteiger partial charge in [-0.05, 0) is 62.8 Å². The molecule has 1 unspecified atom stereocenters. The van der Waals surface area contributed by atoms with Crippen LogP contribution in [0, 0.1) is 13.8 Å². The normalized spacial score (nSPS) is 19.9. The first-order chi connectivity index (χ1) is 15.9. The van der Waals surface area contributed by atoms with E-state index < -0.39 is 6.09 Å². The summed E-state index contributed by atoms with van der Waals surface area (Å²) in [5.74, 6) is 2.69. The van der Waals surface area contributed by atoms with E-state index in [1.54, 1.807) is 0 Å². The van der Waals surface area contributed by atoms with Gasteiger partial charge in [-0.15, -0.1) is 0 Å². The molecule has 0 aliphatic carbocycles. The number of anilines is 1. The molecule has 1 N–H and O–H groups in total. The molecule has 2 aromatic heterocycles. The van der Waals surface area contributed by atoms with Crippen LogP contribution in [-0.4, -0.2) is 74.7 Å². The number of ether oxygens (including phenoxy) is 1. The Morgan fingerprint density at radius 3 is 2.58 bits per heavy atom. The number of rotatable bonds is 3. The molecule has 0 spiro atoms. The van der Waals surface area contributed by atoms with Crippen molar-refractivity contribution < 1.29 is 14.6 Å². The first-order valence-electron chi connectivity index (χ1n) is 11.6. The van der Waals surface area contributed by atoms with E-state index in [-0.39, 0.29) is 6.10 Å². The summed E-state index contributed by atoms with van der Waals surface area (Å²) in [5.41, 5.74) is 3.50. The fourth-order valence-electron chi connectivity index (χ4n) is 5.04. The van der Waals surface area contributed by atoms with Crippen LogP contribution in [0.15, 0.2) is 24.4 Å². The molecule has 1 amide bonds. The number of likely N-dealkylation sites (tertiary alicyclic amines) is 1. The van der Waals surface area contributed by atoms with Crippen LogP contribution in [0.25, 0.3) is 16.7 Å². The molecule has 9 heteroatoms. The number of hydrogen-bond acceptors (Lipinski definition) is 6. The van der Waals surface area contributed by atoms with Gasteiger partial charge in [-0.25, -0.2) is 19.4 Å². The van der Waals surface area contributed by atoms with Gasteiger partial charge in [-0.2, -0.15) is 5.10 Å². The van der Waals surface area contributed by atoms with Crippen LogP contribution in [0.3, 0.4) is 0 Å². The third-order valence-electron chi connectivity index (χ3n) is 6.75. The van der Waals surface area contributed by atoms with Gasteiger partial charge >= 0.3 is 6.09 Å². The first-order valence-corrected chi connectivity index (χ1v) is 11.6. The van der Waals surface area contributed by atoms with E-state index in [1.807, 2.05) is 23.9 Å². The monoisotopic (exact) mass is 450 g/mol. The van der Waals surface area contributed by atoms with Gasteiger partial charge in [0, 0.05) is 37.6 Å². The molecule has 3 aromatic rings. The average Bonchev–Trinajstić information content (AvgIpc) is 3.21. The van der Waals surface area contributed by atoms with Gasteiger partial charge in [-0.1, -0.05) is 0 Å². The predicted octanol–water partition coefficient (Wildman–Crippen LogP) is 3.51. The zero-order valence-corrected chi connectivity index (χ0v) is 19.4. The Balaban J connectivity index is 1.49. The summed E-state index contributed by atoms with van der Waals surface area (Å²) < 4.78 is 7.58. The molecule has 2 fully saturated rings. The van der Waals surface area contributed by atoms with E-state index in [2.05, 4.69) is 41.0 Å². The predicted molar refractivity (Wildman–Crippen MR) is 125 cm³/mol. The van der Waals surface area contributed by atoms with Crippen LogP contribution in [0.4, 0.5) is 10.6 Å².